The van der Waals surface area contributed by atoms with Crippen LogP contribution in [0.3, 0.4) is 0 Å². The van der Waals surface area contributed by atoms with Gasteiger partial charge in [0.15, 0.2) is 17.4 Å². The summed E-state index contributed by atoms with van der Waals surface area (Å²) in [5.74, 6) is 0.849. The average Bonchev–Trinajstić information content (AvgIpc) is 3.84. The summed E-state index contributed by atoms with van der Waals surface area (Å²) in [5, 5.41) is 2.32. The molecule has 0 fully saturated rings. The van der Waals surface area contributed by atoms with Gasteiger partial charge in [0, 0.05) is 50.6 Å². The summed E-state index contributed by atoms with van der Waals surface area (Å²) in [4.78, 5) is 5.08. The first-order valence-electron chi connectivity index (χ1n) is 20.4. The Balaban J connectivity index is 0.00000462. The van der Waals surface area contributed by atoms with E-state index in [1.165, 1.54) is 38.7 Å². The molecule has 3 heterocycles. The minimum Gasteiger partial charge on any atom is -0.319 e. The van der Waals surface area contributed by atoms with Gasteiger partial charge in [0.1, 0.15) is 5.82 Å². The topological polar surface area (TPSA) is 27.7 Å². The van der Waals surface area contributed by atoms with E-state index < -0.39 is 5.41 Å². The van der Waals surface area contributed by atoms with Gasteiger partial charge in [-0.1, -0.05) is 116 Å². The number of hydrogen-bond donors (Lipinski definition) is 0. The number of aromatic nitrogens is 4. The van der Waals surface area contributed by atoms with Crippen LogP contribution in [0.4, 0.5) is 0 Å². The molecule has 10 rings (SSSR count). The first-order valence-corrected chi connectivity index (χ1v) is 20.4. The maximum atomic E-state index is 5.08. The molecule has 60 heavy (non-hydrogen) atoms. The molecule has 0 amide bonds. The predicted molar refractivity (Wildman–Crippen MR) is 245 cm³/mol. The zero-order valence-electron chi connectivity index (χ0n) is 34.4. The Labute approximate surface area is 366 Å². The van der Waals surface area contributed by atoms with Crippen LogP contribution in [0.1, 0.15) is 45.7 Å². The molecule has 0 saturated heterocycles. The fraction of sp³-hybridized carbons (Fsp3) is 0.127. The standard InChI is InChI=1S/C55H45N4.Pt/c1-54(2,3)58-37-57(49-28-14-15-29-50(49)58)43-23-16-22-41(35-43)55(4,5)42-30-31-47-46-24-12-13-27-48(46)59(51(47)36-42)52-34-40(32-33-56-52)53-44(38-18-8-6-9-19-38)25-17-26-45(53)39-20-10-7-11-21-39;/h6-34,37H,1-5H3;/q-1;. The summed E-state index contributed by atoms with van der Waals surface area (Å²) >= 11 is 0. The number of pyridine rings is 1. The van der Waals surface area contributed by atoms with Crippen LogP contribution in [0.25, 0.3) is 77.7 Å². The summed E-state index contributed by atoms with van der Waals surface area (Å²) in [5.41, 5.74) is 14.2. The van der Waals surface area contributed by atoms with Crippen molar-refractivity contribution >= 4 is 32.8 Å². The van der Waals surface area contributed by atoms with E-state index in [1.807, 2.05) is 6.20 Å². The first kappa shape index (κ1) is 39.1. The molecular weight excluding hydrogens is 912 g/mol. The van der Waals surface area contributed by atoms with Crippen molar-refractivity contribution in [2.24, 2.45) is 0 Å². The van der Waals surface area contributed by atoms with Gasteiger partial charge in [-0.2, -0.15) is 35.9 Å². The van der Waals surface area contributed by atoms with Crippen LogP contribution >= 0.6 is 0 Å². The maximum absolute atomic E-state index is 5.08. The molecule has 0 radical (unpaired) electrons. The van der Waals surface area contributed by atoms with E-state index in [0.717, 1.165) is 50.1 Å². The minimum atomic E-state index is -0.414. The van der Waals surface area contributed by atoms with Gasteiger partial charge in [-0.15, -0.1) is 23.1 Å². The number of nitrogens with zero attached hydrogens (tertiary/aromatic N) is 4. The van der Waals surface area contributed by atoms with E-state index in [1.54, 1.807) is 0 Å². The van der Waals surface area contributed by atoms with Gasteiger partial charge in [0.2, 0.25) is 0 Å². The van der Waals surface area contributed by atoms with Crippen molar-refractivity contribution in [2.75, 3.05) is 0 Å². The molecule has 0 spiro atoms. The molecule has 7 aromatic carbocycles. The molecule has 5 heteroatoms. The van der Waals surface area contributed by atoms with Crippen molar-refractivity contribution in [2.45, 2.75) is 45.6 Å². The Morgan fingerprint density at radius 1 is 0.517 bits per heavy atom. The molecule has 296 valence electrons. The van der Waals surface area contributed by atoms with E-state index in [4.69, 9.17) is 4.98 Å². The molecule has 0 unspecified atom stereocenters. The van der Waals surface area contributed by atoms with Gasteiger partial charge in [-0.3, -0.25) is 0 Å². The molecular formula is C55H45N4Pt-. The fourth-order valence-corrected chi connectivity index (χ4v) is 8.72. The van der Waals surface area contributed by atoms with Crippen LogP contribution in [-0.2, 0) is 32.0 Å². The quantitative estimate of drug-likeness (QED) is 0.146. The summed E-state index contributed by atoms with van der Waals surface area (Å²) in [6, 6.07) is 68.4. The van der Waals surface area contributed by atoms with Crippen LogP contribution in [0.15, 0.2) is 182 Å². The van der Waals surface area contributed by atoms with Crippen molar-refractivity contribution in [3.05, 3.63) is 206 Å². The van der Waals surface area contributed by atoms with Gasteiger partial charge in [0.25, 0.3) is 0 Å². The minimum absolute atomic E-state index is 0. The monoisotopic (exact) mass is 956 g/mol. The summed E-state index contributed by atoms with van der Waals surface area (Å²) < 4.78 is 6.90. The molecule has 0 bridgehead atoms. The van der Waals surface area contributed by atoms with Crippen LogP contribution in [0.5, 0.6) is 0 Å². The van der Waals surface area contributed by atoms with E-state index in [2.05, 4.69) is 237 Å². The number of rotatable bonds is 7. The number of imidazole rings is 1. The zero-order valence-corrected chi connectivity index (χ0v) is 36.7. The Morgan fingerprint density at radius 3 is 1.80 bits per heavy atom. The SMILES string of the molecule is CC(C)(c1[c-]c(-n2[cH+]n(C(C)(C)C)c3ccccc32)ccc1)c1[c-]c2c(cc1)c1ccccc1n2-c1cc(-c2c(-c3ccccc3)cccc2-c2ccccc2)ccn1.[Pt]. The largest absolute Gasteiger partial charge is 0.319 e. The third-order valence-corrected chi connectivity index (χ3v) is 11.8. The van der Waals surface area contributed by atoms with E-state index in [9.17, 15) is 0 Å². The van der Waals surface area contributed by atoms with Gasteiger partial charge in [-0.25, -0.2) is 14.1 Å². The Morgan fingerprint density at radius 2 is 1.12 bits per heavy atom. The number of para-hydroxylation sites is 3. The Bertz CT molecular complexity index is 3110. The Hall–Kier alpha value is -6.35. The second-order valence-electron chi connectivity index (χ2n) is 16.9. The number of fused-ring (bicyclic) bond motifs is 4. The van der Waals surface area contributed by atoms with Crippen molar-refractivity contribution in [3.8, 4) is 44.9 Å². The predicted octanol–water partition coefficient (Wildman–Crippen LogP) is 13.9. The van der Waals surface area contributed by atoms with Gasteiger partial charge in [0.05, 0.1) is 5.54 Å². The average molecular weight is 957 g/mol. The van der Waals surface area contributed by atoms with Crippen molar-refractivity contribution in [1.82, 2.24) is 18.7 Å². The van der Waals surface area contributed by atoms with Crippen LogP contribution in [0, 0.1) is 12.1 Å². The van der Waals surface area contributed by atoms with Crippen LogP contribution < -0.4 is 0 Å². The number of hydrogen-bond acceptors (Lipinski definition) is 1. The molecule has 3 aromatic heterocycles. The zero-order chi connectivity index (χ0) is 40.3. The van der Waals surface area contributed by atoms with Gasteiger partial charge >= 0.3 is 0 Å². The van der Waals surface area contributed by atoms with Crippen molar-refractivity contribution < 1.29 is 21.1 Å². The van der Waals surface area contributed by atoms with Gasteiger partial charge in [-0.05, 0) is 95.3 Å². The molecule has 0 atom stereocenters. The fourth-order valence-electron chi connectivity index (χ4n) is 8.72. The smallest absolute Gasteiger partial charge is 0.188 e. The summed E-state index contributed by atoms with van der Waals surface area (Å²) in [6.45, 7) is 11.3. The molecule has 0 N–H and O–H groups in total. The molecule has 10 aromatic rings. The molecule has 4 nitrogen and oxygen atoms in total. The van der Waals surface area contributed by atoms with E-state index >= 15 is 0 Å². The second kappa shape index (κ2) is 15.4. The molecule has 0 aliphatic heterocycles. The van der Waals surface area contributed by atoms with Gasteiger partial charge < -0.3 is 4.57 Å². The molecule has 0 aliphatic rings. The Kier molecular flexibility index (Phi) is 10.0. The molecule has 0 aliphatic carbocycles. The summed E-state index contributed by atoms with van der Waals surface area (Å²) in [7, 11) is 0. The van der Waals surface area contributed by atoms with Crippen molar-refractivity contribution in [1.29, 1.82) is 0 Å². The molecule has 0 saturated carbocycles. The van der Waals surface area contributed by atoms with Crippen molar-refractivity contribution in [3.63, 3.8) is 0 Å². The normalized spacial score (nSPS) is 11.9. The maximum Gasteiger partial charge on any atom is 0.188 e. The van der Waals surface area contributed by atoms with E-state index in [0.29, 0.717) is 0 Å². The third-order valence-electron chi connectivity index (χ3n) is 11.8. The van der Waals surface area contributed by atoms with Crippen LogP contribution in [0.2, 0.25) is 0 Å². The van der Waals surface area contributed by atoms with E-state index in [-0.39, 0.29) is 26.6 Å². The second-order valence-corrected chi connectivity index (χ2v) is 16.9. The number of benzene rings is 7. The summed E-state index contributed by atoms with van der Waals surface area (Å²) in [6.07, 6.45) is 4.16. The first-order chi connectivity index (χ1) is 28.7. The third kappa shape index (κ3) is 6.70. The van der Waals surface area contributed by atoms with Crippen LogP contribution in [-0.4, -0.2) is 18.7 Å².